The van der Waals surface area contributed by atoms with Gasteiger partial charge in [-0.3, -0.25) is 9.59 Å². The molecule has 0 amide bonds. The van der Waals surface area contributed by atoms with Gasteiger partial charge >= 0.3 is 11.9 Å². The van der Waals surface area contributed by atoms with Gasteiger partial charge in [-0.25, -0.2) is 0 Å². The largest absolute Gasteiger partial charge is 0.504 e. The number of aryl methyl sites for hydroxylation is 1. The summed E-state index contributed by atoms with van der Waals surface area (Å²) >= 11 is 0. The smallest absolute Gasteiger partial charge is 0.302 e. The first-order chi connectivity index (χ1) is 22.9. The Morgan fingerprint density at radius 3 is 2.48 bits per heavy atom. The molecule has 0 radical (unpaired) electrons. The molecule has 1 aliphatic heterocycles. The van der Waals surface area contributed by atoms with Gasteiger partial charge in [-0.15, -0.1) is 0 Å². The van der Waals surface area contributed by atoms with Gasteiger partial charge in [0.1, 0.15) is 18.8 Å². The first-order valence-electron chi connectivity index (χ1n) is 17.4. The number of phenols is 1. The van der Waals surface area contributed by atoms with Crippen molar-refractivity contribution in [3.05, 3.63) is 41.2 Å². The molecule has 11 nitrogen and oxygen atoms in total. The average Bonchev–Trinajstić information content (AvgIpc) is 3.01. The van der Waals surface area contributed by atoms with Crippen LogP contribution in [0.4, 0.5) is 0 Å². The second kappa shape index (κ2) is 19.7. The summed E-state index contributed by atoms with van der Waals surface area (Å²) in [5.74, 6) is 0.704. The molecule has 48 heavy (non-hydrogen) atoms. The van der Waals surface area contributed by atoms with Gasteiger partial charge in [0.25, 0.3) is 0 Å². The van der Waals surface area contributed by atoms with E-state index in [-0.39, 0.29) is 43.0 Å². The third-order valence-corrected chi connectivity index (χ3v) is 9.36. The fraction of sp³-hybridized carbons (Fsp3) is 0.676. The predicted octanol–water partition coefficient (Wildman–Crippen LogP) is 4.60. The van der Waals surface area contributed by atoms with Crippen LogP contribution in [0.1, 0.15) is 90.2 Å². The highest BCUT2D eigenvalue weighted by molar-refractivity contribution is 5.79. The third kappa shape index (κ3) is 12.6. The lowest BCUT2D eigenvalue weighted by atomic mass is 9.73. The minimum atomic E-state index is -0.589. The molecule has 0 spiro atoms. The second-order valence-electron chi connectivity index (χ2n) is 13.8. The van der Waals surface area contributed by atoms with Gasteiger partial charge in [0.15, 0.2) is 11.5 Å². The van der Waals surface area contributed by atoms with Crippen LogP contribution in [0.15, 0.2) is 30.1 Å². The minimum absolute atomic E-state index is 0.0172. The molecule has 1 aromatic carbocycles. The Balaban J connectivity index is 1.92. The van der Waals surface area contributed by atoms with Crippen molar-refractivity contribution >= 4 is 17.5 Å². The number of aromatic hydroxyl groups is 1. The number of dihydropyridines is 1. The van der Waals surface area contributed by atoms with E-state index in [1.54, 1.807) is 25.3 Å². The number of allylic oxidation sites excluding steroid dienone is 2. The van der Waals surface area contributed by atoms with Crippen LogP contribution in [0.2, 0.25) is 0 Å². The molecular weight excluding hydrogens is 616 g/mol. The average molecular weight is 675 g/mol. The number of carbonyl (C=O) groups excluding carboxylic acids is 2. The highest BCUT2D eigenvalue weighted by Gasteiger charge is 2.36. The molecule has 2 aliphatic rings. The van der Waals surface area contributed by atoms with Gasteiger partial charge in [0.05, 0.1) is 18.5 Å². The van der Waals surface area contributed by atoms with Gasteiger partial charge in [-0.05, 0) is 104 Å². The quantitative estimate of drug-likeness (QED) is 0.146. The first kappa shape index (κ1) is 39.2. The van der Waals surface area contributed by atoms with E-state index in [1.165, 1.54) is 13.8 Å². The lowest BCUT2D eigenvalue weighted by Crippen LogP contribution is -2.38. The summed E-state index contributed by atoms with van der Waals surface area (Å²) in [6.45, 7) is 8.10. The molecular formula is C37H58N2O9. The lowest BCUT2D eigenvalue weighted by Gasteiger charge is -2.38. The van der Waals surface area contributed by atoms with Gasteiger partial charge in [-0.1, -0.05) is 26.3 Å². The van der Waals surface area contributed by atoms with Crippen molar-refractivity contribution in [1.29, 1.82) is 0 Å². The summed E-state index contributed by atoms with van der Waals surface area (Å²) < 4.78 is 22.8. The number of esters is 2. The number of benzene rings is 1. The van der Waals surface area contributed by atoms with Crippen molar-refractivity contribution in [3.8, 4) is 11.5 Å². The molecule has 1 saturated carbocycles. The summed E-state index contributed by atoms with van der Waals surface area (Å²) in [7, 11) is 1.67. The Hall–Kier alpha value is -3.28. The first-order valence-corrected chi connectivity index (χ1v) is 17.4. The minimum Gasteiger partial charge on any atom is -0.504 e. The molecule has 6 N–H and O–H groups in total. The number of aliphatic hydroxyl groups is 2. The maximum absolute atomic E-state index is 12.5. The number of phenolic OH excluding ortho intramolecular Hbond substituents is 1. The number of carbonyl (C=O) groups is 2. The molecule has 3 rings (SSSR count). The molecule has 1 aromatic rings. The Kier molecular flexibility index (Phi) is 16.0. The fourth-order valence-electron chi connectivity index (χ4n) is 7.26. The number of hydrogen-bond donors (Lipinski definition) is 5. The predicted molar refractivity (Wildman–Crippen MR) is 184 cm³/mol. The zero-order valence-corrected chi connectivity index (χ0v) is 29.4. The highest BCUT2D eigenvalue weighted by atomic mass is 16.6. The van der Waals surface area contributed by atoms with Crippen molar-refractivity contribution < 1.29 is 43.9 Å². The van der Waals surface area contributed by atoms with Crippen LogP contribution in [-0.2, 0) is 30.2 Å². The molecule has 1 fully saturated rings. The Morgan fingerprint density at radius 1 is 1.08 bits per heavy atom. The summed E-state index contributed by atoms with van der Waals surface area (Å²) in [4.78, 5) is 24.9. The normalized spacial score (nSPS) is 22.8. The number of hydrogen-bond acceptors (Lipinski definition) is 11. The van der Waals surface area contributed by atoms with E-state index in [1.807, 2.05) is 6.08 Å². The summed E-state index contributed by atoms with van der Waals surface area (Å²) in [5.41, 5.74) is 8.48. The van der Waals surface area contributed by atoms with E-state index in [2.05, 4.69) is 19.2 Å². The Morgan fingerprint density at radius 2 is 1.83 bits per heavy atom. The van der Waals surface area contributed by atoms with Crippen LogP contribution in [0.5, 0.6) is 11.5 Å². The zero-order valence-electron chi connectivity index (χ0n) is 29.4. The van der Waals surface area contributed by atoms with E-state index < -0.39 is 30.3 Å². The number of rotatable bonds is 17. The van der Waals surface area contributed by atoms with Gasteiger partial charge < -0.3 is 45.3 Å². The monoisotopic (exact) mass is 674 g/mol. The molecule has 0 aromatic heterocycles. The molecule has 1 aliphatic carbocycles. The van der Waals surface area contributed by atoms with Crippen LogP contribution in [0, 0.1) is 23.7 Å². The zero-order chi connectivity index (χ0) is 35.2. The SMILES string of the molecule is COCCC1CCC(CC(C)C)CC(C(CC(CCc2cc(OCCO)c(O)cc2C2=CCNC(N)=C2)OC(C)=O)OC(C)=O)CC1O. The third-order valence-electron chi connectivity index (χ3n) is 9.36. The van der Waals surface area contributed by atoms with Crippen LogP contribution in [-0.4, -0.2) is 79.0 Å². The molecule has 1 heterocycles. The van der Waals surface area contributed by atoms with Crippen molar-refractivity contribution in [1.82, 2.24) is 5.32 Å². The van der Waals surface area contributed by atoms with Gasteiger partial charge in [0.2, 0.25) is 0 Å². The maximum Gasteiger partial charge on any atom is 0.302 e. The van der Waals surface area contributed by atoms with E-state index in [4.69, 9.17) is 24.7 Å². The van der Waals surface area contributed by atoms with E-state index in [0.29, 0.717) is 50.1 Å². The molecule has 6 unspecified atom stereocenters. The van der Waals surface area contributed by atoms with E-state index in [9.17, 15) is 24.9 Å². The van der Waals surface area contributed by atoms with Crippen molar-refractivity contribution in [2.24, 2.45) is 29.4 Å². The lowest BCUT2D eigenvalue weighted by molar-refractivity contribution is -0.157. The summed E-state index contributed by atoms with van der Waals surface area (Å²) in [6, 6.07) is 3.36. The molecule has 6 atom stereocenters. The Labute approximate surface area is 285 Å². The standard InChI is InChI=1S/C37H58N2O9/c1-23(2)16-26-6-7-27(11-14-45-5)33(43)18-30(17-26)35(48-25(4)42)21-31(47-24(3)41)9-8-28-19-36(46-15-13-40)34(44)22-32(28)29-10-12-39-37(38)20-29/h10,19-20,22-23,26-27,30-31,33,35,39-40,43-44H,6-9,11-18,21,38H2,1-5H3. The van der Waals surface area contributed by atoms with Crippen LogP contribution >= 0.6 is 0 Å². The molecule has 270 valence electrons. The van der Waals surface area contributed by atoms with Crippen LogP contribution in [0.3, 0.4) is 0 Å². The number of nitrogens with two attached hydrogens (primary N) is 1. The number of methoxy groups -OCH3 is 1. The number of aliphatic hydroxyl groups excluding tert-OH is 2. The summed E-state index contributed by atoms with van der Waals surface area (Å²) in [6.07, 6.45) is 8.18. The summed E-state index contributed by atoms with van der Waals surface area (Å²) in [5, 5.41) is 34.5. The van der Waals surface area contributed by atoms with Crippen molar-refractivity contribution in [2.45, 2.75) is 104 Å². The Bertz CT molecular complexity index is 1250. The second-order valence-corrected chi connectivity index (χ2v) is 13.8. The van der Waals surface area contributed by atoms with Gasteiger partial charge in [-0.2, -0.15) is 0 Å². The molecule has 0 bridgehead atoms. The van der Waals surface area contributed by atoms with E-state index in [0.717, 1.165) is 48.8 Å². The van der Waals surface area contributed by atoms with Gasteiger partial charge in [0, 0.05) is 40.5 Å². The molecule has 11 heteroatoms. The molecule has 0 saturated heterocycles. The number of nitrogens with one attached hydrogen (secondary N) is 1. The highest BCUT2D eigenvalue weighted by Crippen LogP contribution is 2.39. The van der Waals surface area contributed by atoms with Crippen LogP contribution < -0.4 is 15.8 Å². The number of ether oxygens (including phenoxy) is 4. The van der Waals surface area contributed by atoms with E-state index >= 15 is 0 Å². The van der Waals surface area contributed by atoms with Crippen LogP contribution in [0.25, 0.3) is 5.57 Å². The fourth-order valence-corrected chi connectivity index (χ4v) is 7.26. The van der Waals surface area contributed by atoms with Crippen molar-refractivity contribution in [3.63, 3.8) is 0 Å². The maximum atomic E-state index is 12.5. The van der Waals surface area contributed by atoms with Crippen molar-refractivity contribution in [2.75, 3.05) is 33.5 Å². The topological polar surface area (TPSA) is 170 Å².